The summed E-state index contributed by atoms with van der Waals surface area (Å²) in [6, 6.07) is 7.47. The number of anilines is 1. The monoisotopic (exact) mass is 233 g/mol. The van der Waals surface area contributed by atoms with E-state index in [1.807, 2.05) is 12.1 Å². The van der Waals surface area contributed by atoms with Crippen LogP contribution in [0.4, 0.5) is 5.69 Å². The van der Waals surface area contributed by atoms with Gasteiger partial charge in [-0.2, -0.15) is 0 Å². The Hall–Kier alpha value is -1.55. The molecule has 1 aromatic carbocycles. The summed E-state index contributed by atoms with van der Waals surface area (Å²) in [6.07, 6.45) is 3.69. The van der Waals surface area contributed by atoms with E-state index in [9.17, 15) is 4.79 Å². The van der Waals surface area contributed by atoms with Gasteiger partial charge in [0.05, 0.1) is 11.3 Å². The van der Waals surface area contributed by atoms with Gasteiger partial charge in [-0.3, -0.25) is 10.6 Å². The van der Waals surface area contributed by atoms with Gasteiger partial charge in [0, 0.05) is 6.04 Å². The lowest BCUT2D eigenvalue weighted by atomic mass is 10.1. The Bertz CT molecular complexity index is 401. The van der Waals surface area contributed by atoms with E-state index in [2.05, 4.69) is 17.7 Å². The number of para-hydroxylation sites is 1. The van der Waals surface area contributed by atoms with Crippen molar-refractivity contribution < 1.29 is 4.79 Å². The lowest BCUT2D eigenvalue weighted by molar-refractivity contribution is 0.0938. The molecule has 17 heavy (non-hydrogen) atoms. The molecule has 0 heterocycles. The van der Waals surface area contributed by atoms with Crippen molar-refractivity contribution in [2.45, 2.75) is 32.2 Å². The number of benzene rings is 1. The van der Waals surface area contributed by atoms with Crippen LogP contribution < -0.4 is 16.6 Å². The summed E-state index contributed by atoms with van der Waals surface area (Å²) < 4.78 is 0. The molecule has 1 saturated carbocycles. The molecule has 0 spiro atoms. The fourth-order valence-electron chi connectivity index (χ4n) is 2.02. The Morgan fingerprint density at radius 3 is 2.82 bits per heavy atom. The standard InChI is InChI=1S/C13H19N3O/c1-9(8-10-6-7-10)15-13(17)11-4-2-3-5-12(11)16-14/h2-5,9-10,16H,6-8,14H2,1H3,(H,15,17). The first kappa shape index (κ1) is 11.9. The second-order valence-corrected chi connectivity index (χ2v) is 4.74. The zero-order valence-corrected chi connectivity index (χ0v) is 10.1. The van der Waals surface area contributed by atoms with E-state index < -0.39 is 0 Å². The summed E-state index contributed by atoms with van der Waals surface area (Å²) in [5.74, 6) is 6.13. The van der Waals surface area contributed by atoms with Crippen LogP contribution in [0.5, 0.6) is 0 Å². The zero-order valence-electron chi connectivity index (χ0n) is 10.1. The van der Waals surface area contributed by atoms with Crippen LogP contribution in [0.2, 0.25) is 0 Å². The molecule has 1 aromatic rings. The zero-order chi connectivity index (χ0) is 12.3. The normalized spacial score (nSPS) is 16.4. The molecule has 1 fully saturated rings. The summed E-state index contributed by atoms with van der Waals surface area (Å²) in [6.45, 7) is 2.05. The Morgan fingerprint density at radius 1 is 1.47 bits per heavy atom. The van der Waals surface area contributed by atoms with Gasteiger partial charge in [0.25, 0.3) is 5.91 Å². The fourth-order valence-corrected chi connectivity index (χ4v) is 2.02. The third-order valence-electron chi connectivity index (χ3n) is 3.09. The number of hydrogen-bond donors (Lipinski definition) is 3. The highest BCUT2D eigenvalue weighted by molar-refractivity contribution is 5.99. The molecule has 4 N–H and O–H groups in total. The Kier molecular flexibility index (Phi) is 3.64. The highest BCUT2D eigenvalue weighted by Gasteiger charge is 2.24. The quantitative estimate of drug-likeness (QED) is 0.537. The minimum absolute atomic E-state index is 0.0632. The van der Waals surface area contributed by atoms with Gasteiger partial charge in [0.1, 0.15) is 0 Å². The third kappa shape index (κ3) is 3.20. The number of amides is 1. The molecule has 1 amide bonds. The first-order valence-corrected chi connectivity index (χ1v) is 6.07. The minimum Gasteiger partial charge on any atom is -0.350 e. The van der Waals surface area contributed by atoms with E-state index in [1.165, 1.54) is 12.8 Å². The third-order valence-corrected chi connectivity index (χ3v) is 3.09. The smallest absolute Gasteiger partial charge is 0.253 e. The van der Waals surface area contributed by atoms with Crippen molar-refractivity contribution in [3.8, 4) is 0 Å². The molecule has 4 nitrogen and oxygen atoms in total. The van der Waals surface area contributed by atoms with Crippen molar-refractivity contribution in [2.24, 2.45) is 11.8 Å². The number of nitrogen functional groups attached to an aromatic ring is 1. The van der Waals surface area contributed by atoms with E-state index in [1.54, 1.807) is 12.1 Å². The topological polar surface area (TPSA) is 67.2 Å². The van der Waals surface area contributed by atoms with E-state index in [0.717, 1.165) is 12.3 Å². The molecular weight excluding hydrogens is 214 g/mol. The first-order valence-electron chi connectivity index (χ1n) is 6.07. The van der Waals surface area contributed by atoms with Gasteiger partial charge in [0.15, 0.2) is 0 Å². The van der Waals surface area contributed by atoms with Crippen LogP contribution in [-0.4, -0.2) is 11.9 Å². The van der Waals surface area contributed by atoms with Crippen LogP contribution >= 0.6 is 0 Å². The molecule has 1 aliphatic rings. The van der Waals surface area contributed by atoms with Gasteiger partial charge in [-0.1, -0.05) is 25.0 Å². The number of hydrogen-bond acceptors (Lipinski definition) is 3. The van der Waals surface area contributed by atoms with Crippen LogP contribution in [-0.2, 0) is 0 Å². The number of rotatable bonds is 5. The number of nitrogens with two attached hydrogens (primary N) is 1. The van der Waals surface area contributed by atoms with E-state index >= 15 is 0 Å². The second-order valence-electron chi connectivity index (χ2n) is 4.74. The number of carbonyl (C=O) groups is 1. The molecule has 0 aromatic heterocycles. The molecule has 0 bridgehead atoms. The molecule has 92 valence electrons. The maximum atomic E-state index is 12.0. The fraction of sp³-hybridized carbons (Fsp3) is 0.462. The van der Waals surface area contributed by atoms with E-state index in [4.69, 9.17) is 5.84 Å². The SMILES string of the molecule is CC(CC1CC1)NC(=O)c1ccccc1NN. The maximum Gasteiger partial charge on any atom is 0.253 e. The largest absolute Gasteiger partial charge is 0.350 e. The van der Waals surface area contributed by atoms with E-state index in [-0.39, 0.29) is 11.9 Å². The minimum atomic E-state index is -0.0632. The van der Waals surface area contributed by atoms with Gasteiger partial charge in [-0.05, 0) is 31.4 Å². The van der Waals surface area contributed by atoms with Crippen LogP contribution in [0, 0.1) is 5.92 Å². The first-order chi connectivity index (χ1) is 8.20. The molecule has 1 atom stereocenters. The number of hydrazine groups is 1. The lowest BCUT2D eigenvalue weighted by Gasteiger charge is -2.15. The number of carbonyl (C=O) groups excluding carboxylic acids is 1. The van der Waals surface area contributed by atoms with Crippen LogP contribution in [0.3, 0.4) is 0 Å². The summed E-state index contributed by atoms with van der Waals surface area (Å²) >= 11 is 0. The lowest BCUT2D eigenvalue weighted by Crippen LogP contribution is -2.33. The summed E-state index contributed by atoms with van der Waals surface area (Å²) in [5, 5.41) is 3.01. The molecule has 0 aliphatic heterocycles. The van der Waals surface area contributed by atoms with Gasteiger partial charge < -0.3 is 10.7 Å². The van der Waals surface area contributed by atoms with Crippen molar-refractivity contribution in [3.05, 3.63) is 29.8 Å². The van der Waals surface area contributed by atoms with Gasteiger partial charge in [-0.25, -0.2) is 0 Å². The van der Waals surface area contributed by atoms with Crippen molar-refractivity contribution in [1.82, 2.24) is 5.32 Å². The predicted molar refractivity (Wildman–Crippen MR) is 68.5 cm³/mol. The maximum absolute atomic E-state index is 12.0. The van der Waals surface area contributed by atoms with Gasteiger partial charge >= 0.3 is 0 Å². The van der Waals surface area contributed by atoms with Crippen molar-refractivity contribution >= 4 is 11.6 Å². The van der Waals surface area contributed by atoms with Crippen molar-refractivity contribution in [2.75, 3.05) is 5.43 Å². The second kappa shape index (κ2) is 5.19. The molecule has 0 radical (unpaired) electrons. The Balaban J connectivity index is 1.97. The highest BCUT2D eigenvalue weighted by Crippen LogP contribution is 2.33. The molecule has 1 aliphatic carbocycles. The molecule has 1 unspecified atom stereocenters. The molecular formula is C13H19N3O. The Morgan fingerprint density at radius 2 is 2.18 bits per heavy atom. The van der Waals surface area contributed by atoms with Crippen molar-refractivity contribution in [1.29, 1.82) is 0 Å². The molecule has 0 saturated heterocycles. The van der Waals surface area contributed by atoms with Crippen LogP contribution in [0.25, 0.3) is 0 Å². The predicted octanol–water partition coefficient (Wildman–Crippen LogP) is 1.89. The summed E-state index contributed by atoms with van der Waals surface area (Å²) in [7, 11) is 0. The van der Waals surface area contributed by atoms with Gasteiger partial charge in [-0.15, -0.1) is 0 Å². The van der Waals surface area contributed by atoms with Crippen LogP contribution in [0.1, 0.15) is 36.5 Å². The van der Waals surface area contributed by atoms with E-state index in [0.29, 0.717) is 11.3 Å². The average molecular weight is 233 g/mol. The summed E-state index contributed by atoms with van der Waals surface area (Å²) in [4.78, 5) is 12.0. The average Bonchev–Trinajstić information content (AvgIpc) is 3.12. The molecule has 4 heteroatoms. The Labute approximate surface area is 102 Å². The number of nitrogens with one attached hydrogen (secondary N) is 2. The van der Waals surface area contributed by atoms with Crippen LogP contribution in [0.15, 0.2) is 24.3 Å². The highest BCUT2D eigenvalue weighted by atomic mass is 16.1. The van der Waals surface area contributed by atoms with Crippen molar-refractivity contribution in [3.63, 3.8) is 0 Å². The van der Waals surface area contributed by atoms with Gasteiger partial charge in [0.2, 0.25) is 0 Å². The summed E-state index contributed by atoms with van der Waals surface area (Å²) in [5.41, 5.74) is 3.79. The molecule has 2 rings (SSSR count).